The third-order valence-corrected chi connectivity index (χ3v) is 5.62. The highest BCUT2D eigenvalue weighted by molar-refractivity contribution is 9.10. The van der Waals surface area contributed by atoms with Crippen molar-refractivity contribution in [3.05, 3.63) is 70.7 Å². The molecule has 6 heteroatoms. The Morgan fingerprint density at radius 2 is 1.79 bits per heavy atom. The van der Waals surface area contributed by atoms with E-state index in [-0.39, 0.29) is 5.91 Å². The Balaban J connectivity index is 1.39. The van der Waals surface area contributed by atoms with Crippen LogP contribution in [0.15, 0.2) is 65.1 Å². The van der Waals surface area contributed by atoms with Gasteiger partial charge in [-0.05, 0) is 29.7 Å². The molecule has 3 aromatic rings. The number of benzene rings is 2. The van der Waals surface area contributed by atoms with E-state index in [1.54, 1.807) is 0 Å². The largest absolute Gasteiger partial charge is 0.353 e. The molecule has 1 aromatic heterocycles. The zero-order valence-electron chi connectivity index (χ0n) is 15.6. The lowest BCUT2D eigenvalue weighted by atomic mass is 10.1. The number of nitrogens with zero attached hydrogens (tertiary/aromatic N) is 3. The summed E-state index contributed by atoms with van der Waals surface area (Å²) in [5.74, 6) is 1.14. The lowest BCUT2D eigenvalue weighted by Gasteiger charge is -2.22. The summed E-state index contributed by atoms with van der Waals surface area (Å²) in [5, 5.41) is 7.64. The Morgan fingerprint density at radius 1 is 1.00 bits per heavy atom. The van der Waals surface area contributed by atoms with E-state index in [1.165, 1.54) is 0 Å². The molecule has 0 bridgehead atoms. The average molecular weight is 439 g/mol. The number of carbonyl (C=O) groups is 1. The molecule has 0 atom stereocenters. The Bertz CT molecular complexity index is 923. The van der Waals surface area contributed by atoms with Crippen LogP contribution in [0.3, 0.4) is 0 Å². The molecule has 1 aliphatic heterocycles. The van der Waals surface area contributed by atoms with Gasteiger partial charge in [-0.1, -0.05) is 58.4 Å². The molecule has 0 aliphatic carbocycles. The van der Waals surface area contributed by atoms with Crippen LogP contribution in [-0.4, -0.2) is 47.2 Å². The van der Waals surface area contributed by atoms with Crippen LogP contribution < -0.4 is 4.90 Å². The molecule has 2 aromatic carbocycles. The first-order valence-electron chi connectivity index (χ1n) is 9.57. The van der Waals surface area contributed by atoms with Crippen molar-refractivity contribution in [1.29, 1.82) is 0 Å². The van der Waals surface area contributed by atoms with Crippen LogP contribution in [0.5, 0.6) is 0 Å². The lowest BCUT2D eigenvalue weighted by molar-refractivity contribution is -0.130. The quantitative estimate of drug-likeness (QED) is 0.666. The van der Waals surface area contributed by atoms with Crippen LogP contribution in [0.4, 0.5) is 5.82 Å². The van der Waals surface area contributed by atoms with Gasteiger partial charge in [-0.2, -0.15) is 5.10 Å². The molecule has 4 rings (SSSR count). The fraction of sp³-hybridized carbons (Fsp3) is 0.273. The molecule has 2 heterocycles. The molecule has 1 amide bonds. The number of hydrogen-bond donors (Lipinski definition) is 1. The molecule has 1 saturated heterocycles. The highest BCUT2D eigenvalue weighted by Gasteiger charge is 2.21. The second-order valence-electron chi connectivity index (χ2n) is 7.03. The molecule has 144 valence electrons. The first-order valence-corrected chi connectivity index (χ1v) is 10.4. The summed E-state index contributed by atoms with van der Waals surface area (Å²) in [6.45, 7) is 3.23. The minimum absolute atomic E-state index is 0.200. The fourth-order valence-corrected chi connectivity index (χ4v) is 3.79. The molecule has 0 unspecified atom stereocenters. The van der Waals surface area contributed by atoms with E-state index in [9.17, 15) is 4.79 Å². The standard InChI is InChI=1S/C22H23BrN4O/c23-19-9-7-18(8-10-19)20-16-21(25-24-20)26-11-4-12-27(14-13-26)22(28)15-17-5-2-1-3-6-17/h1-3,5-10,16H,4,11-15H2,(H,24,25). The summed E-state index contributed by atoms with van der Waals surface area (Å²) in [6, 6.07) is 20.2. The summed E-state index contributed by atoms with van der Waals surface area (Å²) in [7, 11) is 0. The number of hydrogen-bond acceptors (Lipinski definition) is 3. The predicted molar refractivity (Wildman–Crippen MR) is 115 cm³/mol. The number of aromatic amines is 1. The Hall–Kier alpha value is -2.60. The van der Waals surface area contributed by atoms with Crippen LogP contribution in [0, 0.1) is 0 Å². The van der Waals surface area contributed by atoms with Gasteiger partial charge in [0.1, 0.15) is 0 Å². The fourth-order valence-electron chi connectivity index (χ4n) is 3.53. The molecule has 1 aliphatic rings. The van der Waals surface area contributed by atoms with E-state index in [0.29, 0.717) is 6.42 Å². The van der Waals surface area contributed by atoms with Crippen molar-refractivity contribution >= 4 is 27.7 Å². The van der Waals surface area contributed by atoms with Gasteiger partial charge in [0, 0.05) is 36.7 Å². The van der Waals surface area contributed by atoms with Gasteiger partial charge < -0.3 is 9.80 Å². The zero-order chi connectivity index (χ0) is 19.3. The molecule has 5 nitrogen and oxygen atoms in total. The van der Waals surface area contributed by atoms with E-state index in [2.05, 4.69) is 49.2 Å². The summed E-state index contributed by atoms with van der Waals surface area (Å²) < 4.78 is 1.06. The maximum atomic E-state index is 12.7. The third kappa shape index (κ3) is 4.44. The minimum Gasteiger partial charge on any atom is -0.353 e. The second-order valence-corrected chi connectivity index (χ2v) is 7.95. The number of amides is 1. The zero-order valence-corrected chi connectivity index (χ0v) is 17.2. The Morgan fingerprint density at radius 3 is 2.57 bits per heavy atom. The number of anilines is 1. The van der Waals surface area contributed by atoms with E-state index in [4.69, 9.17) is 0 Å². The topological polar surface area (TPSA) is 52.2 Å². The van der Waals surface area contributed by atoms with Gasteiger partial charge in [0.2, 0.25) is 5.91 Å². The maximum Gasteiger partial charge on any atom is 0.227 e. The molecule has 0 radical (unpaired) electrons. The van der Waals surface area contributed by atoms with Crippen molar-refractivity contribution in [3.63, 3.8) is 0 Å². The number of carbonyl (C=O) groups excluding carboxylic acids is 1. The highest BCUT2D eigenvalue weighted by atomic mass is 79.9. The normalized spacial score (nSPS) is 14.8. The minimum atomic E-state index is 0.200. The van der Waals surface area contributed by atoms with Gasteiger partial charge >= 0.3 is 0 Å². The van der Waals surface area contributed by atoms with Crippen molar-refractivity contribution in [2.45, 2.75) is 12.8 Å². The van der Waals surface area contributed by atoms with Crippen LogP contribution in [-0.2, 0) is 11.2 Å². The van der Waals surface area contributed by atoms with Crippen molar-refractivity contribution in [2.75, 3.05) is 31.1 Å². The number of aromatic nitrogens is 2. The van der Waals surface area contributed by atoms with Crippen LogP contribution in [0.1, 0.15) is 12.0 Å². The van der Waals surface area contributed by atoms with E-state index >= 15 is 0 Å². The lowest BCUT2D eigenvalue weighted by Crippen LogP contribution is -2.36. The molecule has 1 N–H and O–H groups in total. The van der Waals surface area contributed by atoms with Gasteiger partial charge in [0.15, 0.2) is 5.82 Å². The smallest absolute Gasteiger partial charge is 0.227 e. The Labute approximate surface area is 173 Å². The summed E-state index contributed by atoms with van der Waals surface area (Å²) >= 11 is 3.47. The van der Waals surface area contributed by atoms with E-state index in [0.717, 1.165) is 59.7 Å². The highest BCUT2D eigenvalue weighted by Crippen LogP contribution is 2.24. The number of H-pyrrole nitrogens is 1. The average Bonchev–Trinajstić information content (AvgIpc) is 3.07. The third-order valence-electron chi connectivity index (χ3n) is 5.09. The van der Waals surface area contributed by atoms with Gasteiger partial charge in [0.05, 0.1) is 12.1 Å². The number of rotatable bonds is 4. The van der Waals surface area contributed by atoms with Gasteiger partial charge in [-0.3, -0.25) is 9.89 Å². The summed E-state index contributed by atoms with van der Waals surface area (Å²) in [5.41, 5.74) is 3.18. The molecule has 1 fully saturated rings. The summed E-state index contributed by atoms with van der Waals surface area (Å²) in [6.07, 6.45) is 1.41. The van der Waals surface area contributed by atoms with Crippen molar-refractivity contribution in [3.8, 4) is 11.3 Å². The Kier molecular flexibility index (Phi) is 5.76. The van der Waals surface area contributed by atoms with Crippen molar-refractivity contribution in [2.24, 2.45) is 0 Å². The molecular formula is C22H23BrN4O. The van der Waals surface area contributed by atoms with Gasteiger partial charge in [0.25, 0.3) is 0 Å². The van der Waals surface area contributed by atoms with E-state index < -0.39 is 0 Å². The molecule has 28 heavy (non-hydrogen) atoms. The number of halogens is 1. The van der Waals surface area contributed by atoms with Crippen molar-refractivity contribution < 1.29 is 4.79 Å². The first kappa shape index (κ1) is 18.7. The second kappa shape index (κ2) is 8.61. The predicted octanol–water partition coefficient (Wildman–Crippen LogP) is 4.12. The monoisotopic (exact) mass is 438 g/mol. The van der Waals surface area contributed by atoms with E-state index in [1.807, 2.05) is 47.4 Å². The van der Waals surface area contributed by atoms with Crippen LogP contribution in [0.25, 0.3) is 11.3 Å². The van der Waals surface area contributed by atoms with Crippen LogP contribution in [0.2, 0.25) is 0 Å². The summed E-state index contributed by atoms with van der Waals surface area (Å²) in [4.78, 5) is 16.9. The SMILES string of the molecule is O=C(Cc1ccccc1)N1CCCN(c2cc(-c3ccc(Br)cc3)[nH]n2)CC1. The maximum absolute atomic E-state index is 12.7. The van der Waals surface area contributed by atoms with Crippen LogP contribution >= 0.6 is 15.9 Å². The molecule has 0 spiro atoms. The van der Waals surface area contributed by atoms with Gasteiger partial charge in [-0.15, -0.1) is 0 Å². The van der Waals surface area contributed by atoms with Gasteiger partial charge in [-0.25, -0.2) is 0 Å². The van der Waals surface area contributed by atoms with Crippen molar-refractivity contribution in [1.82, 2.24) is 15.1 Å². The molecule has 0 saturated carbocycles. The molecular weight excluding hydrogens is 416 g/mol. The number of nitrogens with one attached hydrogen (secondary N) is 1. The first-order chi connectivity index (χ1) is 13.7.